The number of para-hydroxylation sites is 3. The van der Waals surface area contributed by atoms with Crippen LogP contribution in [0.4, 0.5) is 0 Å². The Labute approximate surface area is 253 Å². The summed E-state index contributed by atoms with van der Waals surface area (Å²) < 4.78 is 5.34. The third-order valence-corrected chi connectivity index (χ3v) is 10.5. The molecular weight excluding hydrogens is 541 g/mol. The van der Waals surface area contributed by atoms with Gasteiger partial charge in [0.1, 0.15) is 0 Å². The molecule has 0 radical (unpaired) electrons. The van der Waals surface area contributed by atoms with E-state index in [4.69, 9.17) is 0 Å². The van der Waals surface area contributed by atoms with Crippen molar-refractivity contribution in [3.63, 3.8) is 0 Å². The summed E-state index contributed by atoms with van der Waals surface area (Å²) in [5.41, 5.74) is 10.4. The first kappa shape index (κ1) is 24.7. The van der Waals surface area contributed by atoms with E-state index >= 15 is 0 Å². The molecule has 9 rings (SSSR count). The first-order valence-corrected chi connectivity index (χ1v) is 16.0. The smallest absolute Gasteiger partial charge is 0.0570 e. The quantitative estimate of drug-likeness (QED) is 0.212. The SMILES string of the molecule is Cc1cccc2c3cc4c(cc3n(-c3ccccc3CCCc3cccc5c3sc3ccccc35)c12)[nH]c1ccccc14. The molecule has 3 aromatic heterocycles. The second kappa shape index (κ2) is 9.58. The Hall–Kier alpha value is -4.86. The minimum atomic E-state index is 1.03. The van der Waals surface area contributed by atoms with Crippen LogP contribution in [0.25, 0.3) is 69.5 Å². The molecule has 1 N–H and O–H groups in total. The number of benzene rings is 6. The summed E-state index contributed by atoms with van der Waals surface area (Å²) in [5, 5.41) is 7.95. The summed E-state index contributed by atoms with van der Waals surface area (Å²) in [7, 11) is 0. The standard InChI is InChI=1S/C40H30N2S/c1-25-11-8-18-30-33-23-32-28-16-3-5-20-34(28)41-35(32)24-37(33)42(39(25)30)36-21-6-2-12-26(36)13-9-14-27-15-10-19-31-29-17-4-7-22-38(29)43-40(27)31/h2-8,10-12,15-24,41H,9,13-14H2,1H3. The highest BCUT2D eigenvalue weighted by atomic mass is 32.1. The van der Waals surface area contributed by atoms with E-state index in [0.717, 1.165) is 19.3 Å². The van der Waals surface area contributed by atoms with Crippen LogP contribution in [-0.4, -0.2) is 9.55 Å². The molecule has 0 bridgehead atoms. The number of aromatic amines is 1. The average Bonchev–Trinajstić information content (AvgIpc) is 3.70. The molecule has 43 heavy (non-hydrogen) atoms. The van der Waals surface area contributed by atoms with Gasteiger partial charge in [-0.25, -0.2) is 0 Å². The molecule has 0 atom stereocenters. The summed E-state index contributed by atoms with van der Waals surface area (Å²) in [6, 6.07) is 44.8. The van der Waals surface area contributed by atoms with Gasteiger partial charge in [0.25, 0.3) is 0 Å². The van der Waals surface area contributed by atoms with E-state index in [1.165, 1.54) is 86.2 Å². The van der Waals surface area contributed by atoms with Crippen molar-refractivity contribution in [2.24, 2.45) is 0 Å². The largest absolute Gasteiger partial charge is 0.354 e. The van der Waals surface area contributed by atoms with Crippen LogP contribution in [0.5, 0.6) is 0 Å². The van der Waals surface area contributed by atoms with Gasteiger partial charge in [0, 0.05) is 58.4 Å². The fourth-order valence-corrected chi connectivity index (χ4v) is 8.49. The molecule has 0 saturated carbocycles. The summed E-state index contributed by atoms with van der Waals surface area (Å²) in [5.74, 6) is 0. The molecule has 2 nitrogen and oxygen atoms in total. The molecule has 0 fully saturated rings. The van der Waals surface area contributed by atoms with Gasteiger partial charge in [-0.1, -0.05) is 91.0 Å². The van der Waals surface area contributed by atoms with E-state index in [-0.39, 0.29) is 0 Å². The molecule has 0 spiro atoms. The van der Waals surface area contributed by atoms with Crippen molar-refractivity contribution >= 4 is 75.1 Å². The number of hydrogen-bond acceptors (Lipinski definition) is 1. The lowest BCUT2D eigenvalue weighted by molar-refractivity contribution is 0.820. The minimum absolute atomic E-state index is 1.03. The van der Waals surface area contributed by atoms with E-state index in [0.29, 0.717) is 0 Å². The van der Waals surface area contributed by atoms with E-state index in [2.05, 4.69) is 138 Å². The Morgan fingerprint density at radius 2 is 1.30 bits per heavy atom. The number of thiophene rings is 1. The fourth-order valence-electron chi connectivity index (χ4n) is 7.24. The van der Waals surface area contributed by atoms with E-state index in [9.17, 15) is 0 Å². The van der Waals surface area contributed by atoms with Crippen molar-refractivity contribution in [2.75, 3.05) is 0 Å². The van der Waals surface area contributed by atoms with Crippen LogP contribution in [0.3, 0.4) is 0 Å². The molecule has 0 amide bonds. The van der Waals surface area contributed by atoms with Crippen molar-refractivity contribution < 1.29 is 0 Å². The third-order valence-electron chi connectivity index (χ3n) is 9.23. The Kier molecular flexibility index (Phi) is 5.51. The second-order valence-electron chi connectivity index (χ2n) is 11.8. The number of fused-ring (bicyclic) bond motifs is 9. The topological polar surface area (TPSA) is 20.7 Å². The van der Waals surface area contributed by atoms with Gasteiger partial charge in [-0.15, -0.1) is 11.3 Å². The normalized spacial score (nSPS) is 12.1. The summed E-state index contributed by atoms with van der Waals surface area (Å²) >= 11 is 1.94. The van der Waals surface area contributed by atoms with Gasteiger partial charge in [-0.3, -0.25) is 0 Å². The molecule has 9 aromatic rings. The van der Waals surface area contributed by atoms with Crippen molar-refractivity contribution in [1.29, 1.82) is 0 Å². The fraction of sp³-hybridized carbons (Fsp3) is 0.100. The average molecular weight is 571 g/mol. The first-order valence-electron chi connectivity index (χ1n) is 15.2. The Bertz CT molecular complexity index is 2500. The predicted octanol–water partition coefficient (Wildman–Crippen LogP) is 11.3. The Morgan fingerprint density at radius 1 is 0.581 bits per heavy atom. The number of nitrogens with one attached hydrogen (secondary N) is 1. The second-order valence-corrected chi connectivity index (χ2v) is 12.8. The van der Waals surface area contributed by atoms with Crippen molar-refractivity contribution in [3.8, 4) is 5.69 Å². The molecule has 0 aliphatic rings. The molecule has 0 aliphatic heterocycles. The van der Waals surface area contributed by atoms with Gasteiger partial charge in [0.15, 0.2) is 0 Å². The van der Waals surface area contributed by atoms with Crippen LogP contribution in [0.1, 0.15) is 23.1 Å². The first-order chi connectivity index (χ1) is 21.2. The Balaban J connectivity index is 1.16. The van der Waals surface area contributed by atoms with E-state index in [1.807, 2.05) is 11.3 Å². The lowest BCUT2D eigenvalue weighted by Gasteiger charge is -2.15. The number of rotatable bonds is 5. The molecular formula is C40H30N2S. The van der Waals surface area contributed by atoms with Crippen LogP contribution in [-0.2, 0) is 12.8 Å². The van der Waals surface area contributed by atoms with Crippen LogP contribution >= 0.6 is 11.3 Å². The number of aryl methyl sites for hydroxylation is 3. The van der Waals surface area contributed by atoms with Crippen LogP contribution < -0.4 is 0 Å². The number of hydrogen-bond donors (Lipinski definition) is 1. The lowest BCUT2D eigenvalue weighted by Crippen LogP contribution is -2.01. The zero-order valence-electron chi connectivity index (χ0n) is 24.0. The number of nitrogens with zero attached hydrogens (tertiary/aromatic N) is 1. The highest BCUT2D eigenvalue weighted by molar-refractivity contribution is 7.26. The van der Waals surface area contributed by atoms with Crippen LogP contribution in [0.15, 0.2) is 121 Å². The molecule has 0 unspecified atom stereocenters. The van der Waals surface area contributed by atoms with Gasteiger partial charge in [0.05, 0.1) is 11.0 Å². The zero-order valence-corrected chi connectivity index (χ0v) is 24.8. The zero-order chi connectivity index (χ0) is 28.5. The number of aromatic nitrogens is 2. The van der Waals surface area contributed by atoms with Crippen molar-refractivity contribution in [2.45, 2.75) is 26.2 Å². The maximum atomic E-state index is 3.69. The minimum Gasteiger partial charge on any atom is -0.354 e. The molecule has 0 aliphatic carbocycles. The highest BCUT2D eigenvalue weighted by Crippen LogP contribution is 2.39. The summed E-state index contributed by atoms with van der Waals surface area (Å²) in [4.78, 5) is 3.69. The van der Waals surface area contributed by atoms with Gasteiger partial charge in [0.2, 0.25) is 0 Å². The highest BCUT2D eigenvalue weighted by Gasteiger charge is 2.18. The van der Waals surface area contributed by atoms with Gasteiger partial charge in [-0.2, -0.15) is 0 Å². The summed E-state index contributed by atoms with van der Waals surface area (Å²) in [6.45, 7) is 2.24. The number of H-pyrrole nitrogens is 1. The van der Waals surface area contributed by atoms with E-state index in [1.54, 1.807) is 0 Å². The predicted molar refractivity (Wildman–Crippen MR) is 186 cm³/mol. The molecule has 3 heteroatoms. The van der Waals surface area contributed by atoms with Gasteiger partial charge < -0.3 is 9.55 Å². The van der Waals surface area contributed by atoms with Crippen molar-refractivity contribution in [3.05, 3.63) is 138 Å². The third kappa shape index (κ3) is 3.78. The van der Waals surface area contributed by atoms with Crippen LogP contribution in [0.2, 0.25) is 0 Å². The molecule has 3 heterocycles. The lowest BCUT2D eigenvalue weighted by atomic mass is 10.0. The Morgan fingerprint density at radius 3 is 2.26 bits per heavy atom. The molecule has 206 valence electrons. The molecule has 0 saturated heterocycles. The monoisotopic (exact) mass is 570 g/mol. The van der Waals surface area contributed by atoms with Crippen LogP contribution in [0, 0.1) is 6.92 Å². The van der Waals surface area contributed by atoms with Gasteiger partial charge in [-0.05, 0) is 73.2 Å². The maximum Gasteiger partial charge on any atom is 0.0570 e. The van der Waals surface area contributed by atoms with Gasteiger partial charge >= 0.3 is 0 Å². The van der Waals surface area contributed by atoms with Crippen molar-refractivity contribution in [1.82, 2.24) is 9.55 Å². The van der Waals surface area contributed by atoms with E-state index < -0.39 is 0 Å². The summed E-state index contributed by atoms with van der Waals surface area (Å²) in [6.07, 6.45) is 3.20. The molecule has 6 aromatic carbocycles. The maximum absolute atomic E-state index is 3.69.